The van der Waals surface area contributed by atoms with Crippen LogP contribution in [0.25, 0.3) is 0 Å². The van der Waals surface area contributed by atoms with Crippen LogP contribution in [0, 0.1) is 11.8 Å². The molecular weight excluding hydrogens is 230 g/mol. The Hall–Kier alpha value is -1.06. The lowest BCUT2D eigenvalue weighted by Gasteiger charge is -2.18. The van der Waals surface area contributed by atoms with Crippen LogP contribution in [0.5, 0.6) is 0 Å². The fourth-order valence-electron chi connectivity index (χ4n) is 1.95. The van der Waals surface area contributed by atoms with Gasteiger partial charge < -0.3 is 10.4 Å². The predicted octanol–water partition coefficient (Wildman–Crippen LogP) is 2.82. The average Bonchev–Trinajstić information content (AvgIpc) is 2.30. The van der Waals surface area contributed by atoms with E-state index in [1.807, 2.05) is 20.8 Å². The van der Waals surface area contributed by atoms with Gasteiger partial charge in [0.25, 0.3) is 0 Å². The van der Waals surface area contributed by atoms with E-state index in [-0.39, 0.29) is 23.8 Å². The summed E-state index contributed by atoms with van der Waals surface area (Å²) in [5, 5.41) is 11.8. The van der Waals surface area contributed by atoms with Crippen molar-refractivity contribution < 1.29 is 14.7 Å². The van der Waals surface area contributed by atoms with Gasteiger partial charge in [-0.1, -0.05) is 27.2 Å². The van der Waals surface area contributed by atoms with Crippen molar-refractivity contribution in [1.82, 2.24) is 5.32 Å². The molecule has 1 amide bonds. The minimum atomic E-state index is -0.747. The Kier molecular flexibility index (Phi) is 8.42. The lowest BCUT2D eigenvalue weighted by molar-refractivity contribution is -0.141. The summed E-state index contributed by atoms with van der Waals surface area (Å²) in [5.74, 6) is -0.820. The molecule has 0 bridgehead atoms. The van der Waals surface area contributed by atoms with Crippen LogP contribution in [0.4, 0.5) is 0 Å². The minimum absolute atomic E-state index is 0.102. The highest BCUT2D eigenvalue weighted by Crippen LogP contribution is 2.11. The molecule has 0 aromatic heterocycles. The van der Waals surface area contributed by atoms with Crippen molar-refractivity contribution in [2.75, 3.05) is 0 Å². The molecule has 0 aliphatic rings. The summed E-state index contributed by atoms with van der Waals surface area (Å²) in [6.45, 7) is 7.74. The molecule has 18 heavy (non-hydrogen) atoms. The number of carbonyl (C=O) groups is 2. The Morgan fingerprint density at radius 2 is 1.67 bits per heavy atom. The molecule has 4 heteroatoms. The van der Waals surface area contributed by atoms with Gasteiger partial charge in [0.2, 0.25) is 5.91 Å². The third-order valence-electron chi connectivity index (χ3n) is 3.44. The third kappa shape index (κ3) is 6.62. The van der Waals surface area contributed by atoms with E-state index in [0.29, 0.717) is 6.42 Å². The molecule has 0 saturated heterocycles. The smallest absolute Gasteiger partial charge is 0.306 e. The standard InChI is InChI=1S/C14H27NO3/c1-5-12(6-2)13(16)15-11(4)9-7-8-10(3)14(17)18/h10-12H,5-9H2,1-4H3,(H,15,16)(H,17,18). The zero-order valence-electron chi connectivity index (χ0n) is 12.0. The van der Waals surface area contributed by atoms with Crippen LogP contribution in [0.2, 0.25) is 0 Å². The van der Waals surface area contributed by atoms with Gasteiger partial charge in [-0.3, -0.25) is 9.59 Å². The first kappa shape index (κ1) is 16.9. The Labute approximate surface area is 110 Å². The zero-order chi connectivity index (χ0) is 14.1. The SMILES string of the molecule is CCC(CC)C(=O)NC(C)CCCC(C)C(=O)O. The van der Waals surface area contributed by atoms with Crippen LogP contribution >= 0.6 is 0 Å². The molecule has 0 aromatic rings. The molecule has 0 aromatic carbocycles. The molecule has 2 unspecified atom stereocenters. The lowest BCUT2D eigenvalue weighted by atomic mass is 10.00. The van der Waals surface area contributed by atoms with Gasteiger partial charge >= 0.3 is 5.97 Å². The maximum Gasteiger partial charge on any atom is 0.306 e. The first-order valence-electron chi connectivity index (χ1n) is 6.95. The van der Waals surface area contributed by atoms with Crippen molar-refractivity contribution in [3.63, 3.8) is 0 Å². The van der Waals surface area contributed by atoms with E-state index in [4.69, 9.17) is 5.11 Å². The Bertz CT molecular complexity index is 262. The molecule has 0 aliphatic carbocycles. The molecule has 106 valence electrons. The Balaban J connectivity index is 3.87. The summed E-state index contributed by atoms with van der Waals surface area (Å²) in [5.41, 5.74) is 0. The molecule has 2 atom stereocenters. The number of carboxylic acid groups (broad SMARTS) is 1. The molecule has 0 saturated carbocycles. The maximum absolute atomic E-state index is 11.8. The normalized spacial score (nSPS) is 14.3. The molecule has 0 rings (SSSR count). The molecule has 0 fully saturated rings. The van der Waals surface area contributed by atoms with Crippen molar-refractivity contribution >= 4 is 11.9 Å². The lowest BCUT2D eigenvalue weighted by Crippen LogP contribution is -2.37. The van der Waals surface area contributed by atoms with Crippen molar-refractivity contribution in [3.05, 3.63) is 0 Å². The number of hydrogen-bond donors (Lipinski definition) is 2. The predicted molar refractivity (Wildman–Crippen MR) is 72.3 cm³/mol. The number of hydrogen-bond acceptors (Lipinski definition) is 2. The van der Waals surface area contributed by atoms with Crippen molar-refractivity contribution in [3.8, 4) is 0 Å². The summed E-state index contributed by atoms with van der Waals surface area (Å²) in [6, 6.07) is 0.124. The molecule has 0 aliphatic heterocycles. The Morgan fingerprint density at radius 1 is 1.11 bits per heavy atom. The first-order chi connectivity index (χ1) is 8.42. The van der Waals surface area contributed by atoms with Crippen LogP contribution in [-0.2, 0) is 9.59 Å². The second-order valence-electron chi connectivity index (χ2n) is 5.09. The van der Waals surface area contributed by atoms with E-state index in [1.165, 1.54) is 0 Å². The molecule has 0 spiro atoms. The second-order valence-corrected chi connectivity index (χ2v) is 5.09. The first-order valence-corrected chi connectivity index (χ1v) is 6.95. The van der Waals surface area contributed by atoms with Crippen LogP contribution < -0.4 is 5.32 Å². The summed E-state index contributed by atoms with van der Waals surface area (Å²) < 4.78 is 0. The van der Waals surface area contributed by atoms with Crippen LogP contribution in [0.3, 0.4) is 0 Å². The number of amides is 1. The Morgan fingerprint density at radius 3 is 2.11 bits per heavy atom. The van der Waals surface area contributed by atoms with Crippen molar-refractivity contribution in [2.24, 2.45) is 11.8 Å². The van der Waals surface area contributed by atoms with Crippen molar-refractivity contribution in [2.45, 2.75) is 65.8 Å². The number of carboxylic acids is 1. The number of carbonyl (C=O) groups excluding carboxylic acids is 1. The molecule has 4 nitrogen and oxygen atoms in total. The van der Waals surface area contributed by atoms with E-state index in [2.05, 4.69) is 5.32 Å². The van der Waals surface area contributed by atoms with Gasteiger partial charge in [0.15, 0.2) is 0 Å². The molecule has 0 radical (unpaired) electrons. The van der Waals surface area contributed by atoms with Gasteiger partial charge in [-0.05, 0) is 32.6 Å². The van der Waals surface area contributed by atoms with Crippen molar-refractivity contribution in [1.29, 1.82) is 0 Å². The minimum Gasteiger partial charge on any atom is -0.481 e. The third-order valence-corrected chi connectivity index (χ3v) is 3.44. The van der Waals surface area contributed by atoms with E-state index in [1.54, 1.807) is 6.92 Å². The second kappa shape index (κ2) is 8.95. The highest BCUT2D eigenvalue weighted by Gasteiger charge is 2.16. The van der Waals surface area contributed by atoms with Gasteiger partial charge in [0.05, 0.1) is 5.92 Å². The van der Waals surface area contributed by atoms with Crippen LogP contribution in [0.1, 0.15) is 59.8 Å². The maximum atomic E-state index is 11.8. The van der Waals surface area contributed by atoms with E-state index in [0.717, 1.165) is 25.7 Å². The van der Waals surface area contributed by atoms with E-state index >= 15 is 0 Å². The summed E-state index contributed by atoms with van der Waals surface area (Å²) in [6.07, 6.45) is 4.07. The topological polar surface area (TPSA) is 66.4 Å². The molecular formula is C14H27NO3. The van der Waals surface area contributed by atoms with Gasteiger partial charge in [0.1, 0.15) is 0 Å². The summed E-state index contributed by atoms with van der Waals surface area (Å²) in [4.78, 5) is 22.5. The van der Waals surface area contributed by atoms with Gasteiger partial charge in [-0.15, -0.1) is 0 Å². The van der Waals surface area contributed by atoms with E-state index in [9.17, 15) is 9.59 Å². The zero-order valence-corrected chi connectivity index (χ0v) is 12.0. The molecule has 0 heterocycles. The highest BCUT2D eigenvalue weighted by atomic mass is 16.4. The van der Waals surface area contributed by atoms with Gasteiger partial charge in [0, 0.05) is 12.0 Å². The number of rotatable bonds is 9. The fraction of sp³-hybridized carbons (Fsp3) is 0.857. The molecule has 2 N–H and O–H groups in total. The average molecular weight is 257 g/mol. The van der Waals surface area contributed by atoms with Crippen LogP contribution in [-0.4, -0.2) is 23.0 Å². The fourth-order valence-corrected chi connectivity index (χ4v) is 1.95. The monoisotopic (exact) mass is 257 g/mol. The summed E-state index contributed by atoms with van der Waals surface area (Å²) in [7, 11) is 0. The highest BCUT2D eigenvalue weighted by molar-refractivity contribution is 5.78. The quantitative estimate of drug-likeness (QED) is 0.667. The van der Waals surface area contributed by atoms with Gasteiger partial charge in [-0.25, -0.2) is 0 Å². The van der Waals surface area contributed by atoms with Gasteiger partial charge in [-0.2, -0.15) is 0 Å². The number of nitrogens with one attached hydrogen (secondary N) is 1. The summed E-state index contributed by atoms with van der Waals surface area (Å²) >= 11 is 0. The largest absolute Gasteiger partial charge is 0.481 e. The van der Waals surface area contributed by atoms with E-state index < -0.39 is 5.97 Å². The number of aliphatic carboxylic acids is 1. The van der Waals surface area contributed by atoms with Crippen LogP contribution in [0.15, 0.2) is 0 Å².